The van der Waals surface area contributed by atoms with Gasteiger partial charge in [-0.1, -0.05) is 11.6 Å². The van der Waals surface area contributed by atoms with Crippen LogP contribution >= 0.6 is 0 Å². The van der Waals surface area contributed by atoms with Gasteiger partial charge in [-0.3, -0.25) is 9.59 Å². The molecule has 3 nitrogen and oxygen atoms in total. The summed E-state index contributed by atoms with van der Waals surface area (Å²) in [6.45, 7) is 1.36. The highest BCUT2D eigenvalue weighted by molar-refractivity contribution is 6.37. The van der Waals surface area contributed by atoms with E-state index in [0.717, 1.165) is 13.0 Å². The molecule has 0 saturated carbocycles. The predicted molar refractivity (Wildman–Crippen MR) is 57.4 cm³/mol. The van der Waals surface area contributed by atoms with Gasteiger partial charge in [0.2, 0.25) is 5.78 Å². The summed E-state index contributed by atoms with van der Waals surface area (Å²) in [5.41, 5.74) is 1.47. The summed E-state index contributed by atoms with van der Waals surface area (Å²) in [4.78, 5) is 24.1. The van der Waals surface area contributed by atoms with Crippen LogP contribution in [0.1, 0.15) is 38.5 Å². The lowest BCUT2D eigenvalue weighted by Crippen LogP contribution is -2.28. The zero-order chi connectivity index (χ0) is 10.7. The molecular formula is C12H17NO2. The Bertz CT molecular complexity index is 307. The van der Waals surface area contributed by atoms with Crippen LogP contribution in [-0.2, 0) is 9.59 Å². The van der Waals surface area contributed by atoms with E-state index in [-0.39, 0.29) is 11.7 Å². The fraction of sp³-hybridized carbons (Fsp3) is 0.667. The minimum absolute atomic E-state index is 0.215. The topological polar surface area (TPSA) is 37.4 Å². The van der Waals surface area contributed by atoms with E-state index in [1.807, 2.05) is 0 Å². The van der Waals surface area contributed by atoms with E-state index in [9.17, 15) is 9.59 Å². The highest BCUT2D eigenvalue weighted by Crippen LogP contribution is 2.21. The van der Waals surface area contributed by atoms with E-state index in [4.69, 9.17) is 0 Å². The summed E-state index contributed by atoms with van der Waals surface area (Å²) >= 11 is 0. The van der Waals surface area contributed by atoms with Gasteiger partial charge in [-0.25, -0.2) is 0 Å². The second-order valence-electron chi connectivity index (χ2n) is 4.32. The van der Waals surface area contributed by atoms with Crippen molar-refractivity contribution >= 4 is 11.7 Å². The van der Waals surface area contributed by atoms with E-state index in [1.165, 1.54) is 31.3 Å². The van der Waals surface area contributed by atoms with E-state index in [0.29, 0.717) is 13.0 Å². The monoisotopic (exact) mass is 207 g/mol. The number of carbonyl (C=O) groups excluding carboxylic acids is 2. The van der Waals surface area contributed by atoms with Crippen LogP contribution in [0.5, 0.6) is 0 Å². The summed E-state index contributed by atoms with van der Waals surface area (Å²) in [6, 6.07) is 0. The molecule has 0 unspecified atom stereocenters. The number of allylic oxidation sites excluding steroid dienone is 1. The first-order valence-electron chi connectivity index (χ1n) is 5.77. The van der Waals surface area contributed by atoms with Crippen LogP contribution in [0.2, 0.25) is 0 Å². The van der Waals surface area contributed by atoms with Crippen molar-refractivity contribution in [2.24, 2.45) is 0 Å². The Morgan fingerprint density at radius 2 is 2.07 bits per heavy atom. The summed E-state index contributed by atoms with van der Waals surface area (Å²) in [7, 11) is 0. The number of hydrogen-bond acceptors (Lipinski definition) is 2. The Hall–Kier alpha value is -1.12. The Morgan fingerprint density at radius 3 is 2.67 bits per heavy atom. The molecule has 2 rings (SSSR count). The van der Waals surface area contributed by atoms with Crippen LogP contribution in [-0.4, -0.2) is 29.7 Å². The number of Topliss-reactive ketones (excluding diaryl/α,β-unsaturated/α-hetero) is 1. The number of hydrogen-bond donors (Lipinski definition) is 0. The second-order valence-corrected chi connectivity index (χ2v) is 4.32. The summed E-state index contributed by atoms with van der Waals surface area (Å²) in [6.07, 6.45) is 8.60. The van der Waals surface area contributed by atoms with Gasteiger partial charge in [0, 0.05) is 19.5 Å². The van der Waals surface area contributed by atoms with Gasteiger partial charge in [0.25, 0.3) is 5.91 Å². The maximum absolute atomic E-state index is 11.3. The number of ketones is 1. The Balaban J connectivity index is 1.80. The average Bonchev–Trinajstić information content (AvgIpc) is 2.59. The zero-order valence-electron chi connectivity index (χ0n) is 9.00. The zero-order valence-corrected chi connectivity index (χ0v) is 9.00. The van der Waals surface area contributed by atoms with E-state index >= 15 is 0 Å². The quantitative estimate of drug-likeness (QED) is 0.521. The van der Waals surface area contributed by atoms with Crippen LogP contribution in [0.15, 0.2) is 11.6 Å². The maximum atomic E-state index is 11.3. The molecule has 0 bridgehead atoms. The fourth-order valence-electron chi connectivity index (χ4n) is 2.24. The highest BCUT2D eigenvalue weighted by atomic mass is 16.2. The molecule has 1 aliphatic heterocycles. The molecule has 0 aromatic rings. The van der Waals surface area contributed by atoms with E-state index in [2.05, 4.69) is 6.08 Å². The van der Waals surface area contributed by atoms with Crippen molar-refractivity contribution in [1.82, 2.24) is 4.90 Å². The minimum Gasteiger partial charge on any atom is -0.335 e. The number of rotatable bonds is 3. The number of likely N-dealkylation sites (tertiary alicyclic amines) is 1. The predicted octanol–water partition coefficient (Wildman–Crippen LogP) is 1.68. The molecule has 1 heterocycles. The molecule has 1 fully saturated rings. The third kappa shape index (κ3) is 2.46. The van der Waals surface area contributed by atoms with Gasteiger partial charge in [-0.15, -0.1) is 0 Å². The number of amides is 1. The molecule has 0 aromatic heterocycles. The molecule has 15 heavy (non-hydrogen) atoms. The first-order chi connectivity index (χ1) is 7.27. The molecule has 3 heteroatoms. The first-order valence-corrected chi connectivity index (χ1v) is 5.77. The molecule has 1 saturated heterocycles. The van der Waals surface area contributed by atoms with Gasteiger partial charge in [0.15, 0.2) is 0 Å². The van der Waals surface area contributed by atoms with Gasteiger partial charge >= 0.3 is 0 Å². The largest absolute Gasteiger partial charge is 0.335 e. The van der Waals surface area contributed by atoms with Crippen LogP contribution in [0.25, 0.3) is 0 Å². The van der Waals surface area contributed by atoms with Crippen molar-refractivity contribution in [3.8, 4) is 0 Å². The van der Waals surface area contributed by atoms with Crippen LogP contribution in [0.3, 0.4) is 0 Å². The summed E-state index contributed by atoms with van der Waals surface area (Å²) in [5, 5.41) is 0. The van der Waals surface area contributed by atoms with Gasteiger partial charge in [0.05, 0.1) is 0 Å². The normalized spacial score (nSPS) is 22.1. The molecule has 0 atom stereocenters. The van der Waals surface area contributed by atoms with Gasteiger partial charge < -0.3 is 4.90 Å². The highest BCUT2D eigenvalue weighted by Gasteiger charge is 2.28. The van der Waals surface area contributed by atoms with Crippen LogP contribution in [0.4, 0.5) is 0 Å². The van der Waals surface area contributed by atoms with Crippen molar-refractivity contribution in [3.05, 3.63) is 11.6 Å². The molecule has 0 aromatic carbocycles. The summed E-state index contributed by atoms with van der Waals surface area (Å²) in [5.74, 6) is -0.487. The van der Waals surface area contributed by atoms with Gasteiger partial charge in [-0.2, -0.15) is 0 Å². The lowest BCUT2D eigenvalue weighted by Gasteiger charge is -2.17. The molecule has 1 aliphatic carbocycles. The van der Waals surface area contributed by atoms with Gasteiger partial charge in [-0.05, 0) is 32.1 Å². The lowest BCUT2D eigenvalue weighted by molar-refractivity contribution is -0.139. The van der Waals surface area contributed by atoms with E-state index in [1.54, 1.807) is 4.90 Å². The number of carbonyl (C=O) groups is 2. The van der Waals surface area contributed by atoms with E-state index < -0.39 is 0 Å². The third-order valence-corrected chi connectivity index (χ3v) is 3.22. The second kappa shape index (κ2) is 4.60. The maximum Gasteiger partial charge on any atom is 0.290 e. The van der Waals surface area contributed by atoms with Crippen molar-refractivity contribution in [2.45, 2.75) is 38.5 Å². The molecular weight excluding hydrogens is 190 g/mol. The molecule has 0 spiro atoms. The SMILES string of the molecule is O=C1CCN(CCC2=CCCCC2)C1=O. The average molecular weight is 207 g/mol. The third-order valence-electron chi connectivity index (χ3n) is 3.22. The smallest absolute Gasteiger partial charge is 0.290 e. The fourth-order valence-corrected chi connectivity index (χ4v) is 2.24. The lowest BCUT2D eigenvalue weighted by atomic mass is 9.97. The molecule has 0 N–H and O–H groups in total. The molecule has 2 aliphatic rings. The molecule has 82 valence electrons. The Morgan fingerprint density at radius 1 is 1.20 bits per heavy atom. The molecule has 0 radical (unpaired) electrons. The Kier molecular flexibility index (Phi) is 3.19. The Labute approximate surface area is 90.1 Å². The van der Waals surface area contributed by atoms with Crippen molar-refractivity contribution in [1.29, 1.82) is 0 Å². The summed E-state index contributed by atoms with van der Waals surface area (Å²) < 4.78 is 0. The van der Waals surface area contributed by atoms with Gasteiger partial charge in [0.1, 0.15) is 0 Å². The van der Waals surface area contributed by atoms with Crippen molar-refractivity contribution in [2.75, 3.05) is 13.1 Å². The first kappa shape index (κ1) is 10.4. The van der Waals surface area contributed by atoms with Crippen molar-refractivity contribution < 1.29 is 9.59 Å². The van der Waals surface area contributed by atoms with Crippen molar-refractivity contribution in [3.63, 3.8) is 0 Å². The standard InChI is InChI=1S/C12H17NO2/c14-11-7-9-13(12(11)15)8-6-10-4-2-1-3-5-10/h4H,1-3,5-9H2. The van der Waals surface area contributed by atoms with Crippen LogP contribution in [0, 0.1) is 0 Å². The minimum atomic E-state index is -0.272. The molecule has 1 amide bonds. The van der Waals surface area contributed by atoms with Crippen LogP contribution < -0.4 is 0 Å². The number of nitrogens with zero attached hydrogens (tertiary/aromatic N) is 1.